The molecule has 0 radical (unpaired) electrons. The summed E-state index contributed by atoms with van der Waals surface area (Å²) in [5, 5.41) is 4.85. The van der Waals surface area contributed by atoms with Gasteiger partial charge in [0.1, 0.15) is 11.9 Å². The summed E-state index contributed by atoms with van der Waals surface area (Å²) in [5.74, 6) is -0.512. The van der Waals surface area contributed by atoms with E-state index >= 15 is 0 Å². The SMILES string of the molecule is CSc1cccc(N2C(=O)CSc3c(c4ccccc4n3C)[C@@H]2C(=O)NCc2ccc(F)cc2)c1. The number of hydrogen-bond acceptors (Lipinski definition) is 4. The number of anilines is 1. The second-order valence-corrected chi connectivity index (χ2v) is 10.1. The van der Waals surface area contributed by atoms with Gasteiger partial charge in [-0.3, -0.25) is 14.5 Å². The molecule has 8 heteroatoms. The molecule has 1 aliphatic heterocycles. The number of carbonyl (C=O) groups excluding carboxylic acids is 2. The summed E-state index contributed by atoms with van der Waals surface area (Å²) >= 11 is 3.05. The Hall–Kier alpha value is -3.23. The van der Waals surface area contributed by atoms with E-state index in [-0.39, 0.29) is 29.9 Å². The Morgan fingerprint density at radius 2 is 1.89 bits per heavy atom. The van der Waals surface area contributed by atoms with Crippen LogP contribution >= 0.6 is 23.5 Å². The van der Waals surface area contributed by atoms with E-state index in [0.717, 1.165) is 32.0 Å². The third-order valence-corrected chi connectivity index (χ3v) is 8.07. The zero-order valence-corrected chi connectivity index (χ0v) is 21.0. The Morgan fingerprint density at radius 1 is 1.11 bits per heavy atom. The number of benzene rings is 3. The molecule has 1 N–H and O–H groups in total. The fourth-order valence-corrected chi connectivity index (χ4v) is 6.02. The summed E-state index contributed by atoms with van der Waals surface area (Å²) in [5.41, 5.74) is 3.30. The van der Waals surface area contributed by atoms with Crippen molar-refractivity contribution in [1.29, 1.82) is 0 Å². The molecule has 0 aliphatic carbocycles. The van der Waals surface area contributed by atoms with Crippen LogP contribution in [0.15, 0.2) is 82.7 Å². The van der Waals surface area contributed by atoms with Gasteiger partial charge >= 0.3 is 0 Å². The number of halogens is 1. The number of aromatic nitrogens is 1. The van der Waals surface area contributed by atoms with E-state index in [0.29, 0.717) is 5.69 Å². The first kappa shape index (κ1) is 23.5. The molecule has 2 heterocycles. The maximum Gasteiger partial charge on any atom is 0.248 e. The largest absolute Gasteiger partial charge is 0.350 e. The number of aryl methyl sites for hydroxylation is 1. The van der Waals surface area contributed by atoms with Gasteiger partial charge in [-0.05, 0) is 48.2 Å². The van der Waals surface area contributed by atoms with E-state index in [9.17, 15) is 14.0 Å². The van der Waals surface area contributed by atoms with Crippen molar-refractivity contribution in [3.8, 4) is 0 Å². The number of para-hydroxylation sites is 1. The standard InChI is InChI=1S/C27H24FN3O2S2/c1-30-22-9-4-3-8-21(22)24-25(26(33)29-15-17-10-12-18(28)13-11-17)31(23(32)16-35-27(24)30)19-6-5-7-20(14-19)34-2/h3-14,25H,15-16H2,1-2H3,(H,29,33)/t25-/m1/s1. The molecule has 4 aromatic rings. The molecule has 0 saturated carbocycles. The molecule has 0 spiro atoms. The molecule has 5 rings (SSSR count). The summed E-state index contributed by atoms with van der Waals surface area (Å²) in [6.45, 7) is 0.232. The summed E-state index contributed by atoms with van der Waals surface area (Å²) in [7, 11) is 1.97. The van der Waals surface area contributed by atoms with Gasteiger partial charge < -0.3 is 9.88 Å². The molecule has 0 unspecified atom stereocenters. The number of rotatable bonds is 5. The van der Waals surface area contributed by atoms with E-state index in [4.69, 9.17) is 0 Å². The summed E-state index contributed by atoms with van der Waals surface area (Å²) in [4.78, 5) is 30.0. The first-order chi connectivity index (χ1) is 17.0. The van der Waals surface area contributed by atoms with Crippen molar-refractivity contribution in [3.63, 3.8) is 0 Å². The maximum atomic E-state index is 13.9. The predicted octanol–water partition coefficient (Wildman–Crippen LogP) is 5.54. The lowest BCUT2D eigenvalue weighted by molar-refractivity contribution is -0.125. The number of nitrogens with one attached hydrogen (secondary N) is 1. The molecule has 1 aliphatic rings. The molecule has 0 bridgehead atoms. The zero-order chi connectivity index (χ0) is 24.5. The lowest BCUT2D eigenvalue weighted by Gasteiger charge is -2.30. The highest BCUT2D eigenvalue weighted by atomic mass is 32.2. The first-order valence-electron chi connectivity index (χ1n) is 11.2. The average molecular weight is 506 g/mol. The average Bonchev–Trinajstić information content (AvgIpc) is 3.05. The van der Waals surface area contributed by atoms with Gasteiger partial charge in [-0.2, -0.15) is 0 Å². The highest BCUT2D eigenvalue weighted by Crippen LogP contribution is 2.43. The molecule has 35 heavy (non-hydrogen) atoms. The molecule has 1 aromatic heterocycles. The summed E-state index contributed by atoms with van der Waals surface area (Å²) in [6.07, 6.45) is 1.98. The Bertz CT molecular complexity index is 1420. The van der Waals surface area contributed by atoms with Crippen molar-refractivity contribution < 1.29 is 14.0 Å². The van der Waals surface area contributed by atoms with Crippen LogP contribution in [0.5, 0.6) is 0 Å². The first-order valence-corrected chi connectivity index (χ1v) is 13.4. The Labute approximate surface area is 211 Å². The minimum Gasteiger partial charge on any atom is -0.350 e. The number of fused-ring (bicyclic) bond motifs is 3. The Kier molecular flexibility index (Phi) is 6.58. The van der Waals surface area contributed by atoms with Gasteiger partial charge in [-0.25, -0.2) is 4.39 Å². The van der Waals surface area contributed by atoms with E-state index in [1.54, 1.807) is 28.8 Å². The fraction of sp³-hybridized carbons (Fsp3) is 0.185. The second kappa shape index (κ2) is 9.79. The Morgan fingerprint density at radius 3 is 2.66 bits per heavy atom. The van der Waals surface area contributed by atoms with Crippen LogP contribution in [-0.2, 0) is 23.2 Å². The Balaban J connectivity index is 1.64. The number of carbonyl (C=O) groups is 2. The number of hydrogen-bond donors (Lipinski definition) is 1. The van der Waals surface area contributed by atoms with Gasteiger partial charge in [-0.15, -0.1) is 11.8 Å². The number of nitrogens with zero attached hydrogens (tertiary/aromatic N) is 2. The van der Waals surface area contributed by atoms with E-state index < -0.39 is 6.04 Å². The van der Waals surface area contributed by atoms with E-state index in [1.165, 1.54) is 23.9 Å². The molecule has 0 fully saturated rings. The third kappa shape index (κ3) is 4.44. The van der Waals surface area contributed by atoms with Crippen LogP contribution in [0.2, 0.25) is 0 Å². The number of amides is 2. The van der Waals surface area contributed by atoms with Crippen LogP contribution in [0.4, 0.5) is 10.1 Å². The number of thioether (sulfide) groups is 2. The van der Waals surface area contributed by atoms with Crippen LogP contribution in [0, 0.1) is 5.82 Å². The van der Waals surface area contributed by atoms with E-state index in [2.05, 4.69) is 9.88 Å². The summed E-state index contributed by atoms with van der Waals surface area (Å²) < 4.78 is 15.4. The van der Waals surface area contributed by atoms with Crippen LogP contribution < -0.4 is 10.2 Å². The van der Waals surface area contributed by atoms with Crippen molar-refractivity contribution in [2.45, 2.75) is 22.5 Å². The van der Waals surface area contributed by atoms with Crippen molar-refractivity contribution in [2.24, 2.45) is 7.05 Å². The molecule has 0 saturated heterocycles. The topological polar surface area (TPSA) is 54.3 Å². The maximum absolute atomic E-state index is 13.9. The quantitative estimate of drug-likeness (QED) is 0.362. The van der Waals surface area contributed by atoms with Gasteiger partial charge in [0.05, 0.1) is 10.8 Å². The fourth-order valence-electron chi connectivity index (χ4n) is 4.50. The highest BCUT2D eigenvalue weighted by Gasteiger charge is 2.39. The van der Waals surface area contributed by atoms with Crippen LogP contribution in [0.3, 0.4) is 0 Å². The third-order valence-electron chi connectivity index (χ3n) is 6.18. The lowest BCUT2D eigenvalue weighted by atomic mass is 10.0. The minimum absolute atomic E-state index is 0.129. The smallest absolute Gasteiger partial charge is 0.248 e. The highest BCUT2D eigenvalue weighted by molar-refractivity contribution is 8.00. The monoisotopic (exact) mass is 505 g/mol. The minimum atomic E-state index is -0.851. The molecule has 178 valence electrons. The van der Waals surface area contributed by atoms with Crippen molar-refractivity contribution in [1.82, 2.24) is 9.88 Å². The molecule has 1 atom stereocenters. The van der Waals surface area contributed by atoms with Crippen LogP contribution in [0.25, 0.3) is 10.9 Å². The molecule has 2 amide bonds. The van der Waals surface area contributed by atoms with Gasteiger partial charge in [0, 0.05) is 40.6 Å². The van der Waals surface area contributed by atoms with Crippen molar-refractivity contribution in [2.75, 3.05) is 16.9 Å². The van der Waals surface area contributed by atoms with Gasteiger partial charge in [0.25, 0.3) is 0 Å². The van der Waals surface area contributed by atoms with Gasteiger partial charge in [0.2, 0.25) is 11.8 Å². The van der Waals surface area contributed by atoms with E-state index in [1.807, 2.05) is 61.8 Å². The second-order valence-electron chi connectivity index (χ2n) is 8.30. The normalized spacial score (nSPS) is 15.7. The lowest BCUT2D eigenvalue weighted by Crippen LogP contribution is -2.43. The zero-order valence-electron chi connectivity index (χ0n) is 19.3. The van der Waals surface area contributed by atoms with Crippen molar-refractivity contribution >= 4 is 51.9 Å². The molecular formula is C27H24FN3O2S2. The van der Waals surface area contributed by atoms with Crippen LogP contribution in [-0.4, -0.2) is 28.4 Å². The predicted molar refractivity (Wildman–Crippen MR) is 140 cm³/mol. The van der Waals surface area contributed by atoms with Gasteiger partial charge in [-0.1, -0.05) is 48.2 Å². The molecular weight excluding hydrogens is 481 g/mol. The van der Waals surface area contributed by atoms with Crippen molar-refractivity contribution in [3.05, 3.63) is 89.7 Å². The molecule has 5 nitrogen and oxygen atoms in total. The van der Waals surface area contributed by atoms with Crippen LogP contribution in [0.1, 0.15) is 17.2 Å². The molecule has 3 aromatic carbocycles. The van der Waals surface area contributed by atoms with Gasteiger partial charge in [0.15, 0.2) is 0 Å². The summed E-state index contributed by atoms with van der Waals surface area (Å²) in [6, 6.07) is 20.8.